The third-order valence-electron chi connectivity index (χ3n) is 5.48. The van der Waals surface area contributed by atoms with Crippen molar-refractivity contribution in [1.29, 1.82) is 0 Å². The number of aromatic nitrogens is 4. The lowest BCUT2D eigenvalue weighted by molar-refractivity contribution is 0.0361. The van der Waals surface area contributed by atoms with Gasteiger partial charge in [-0.05, 0) is 6.07 Å². The highest BCUT2D eigenvalue weighted by Gasteiger charge is 2.20. The third-order valence-corrected chi connectivity index (χ3v) is 5.48. The van der Waals surface area contributed by atoms with E-state index in [2.05, 4.69) is 20.3 Å². The molecular weight excluding hydrogens is 384 g/mol. The minimum absolute atomic E-state index is 0.180. The first-order valence-corrected chi connectivity index (χ1v) is 10.2. The molecule has 9 heteroatoms. The van der Waals surface area contributed by atoms with Crippen LogP contribution in [-0.4, -0.2) is 76.6 Å². The maximum absolute atomic E-state index is 12.9. The van der Waals surface area contributed by atoms with Gasteiger partial charge in [-0.15, -0.1) is 0 Å². The van der Waals surface area contributed by atoms with Crippen LogP contribution in [0, 0.1) is 0 Å². The largest absolute Gasteiger partial charge is 0.494 e. The minimum atomic E-state index is -0.180. The van der Waals surface area contributed by atoms with Gasteiger partial charge < -0.3 is 19.4 Å². The van der Waals surface area contributed by atoms with E-state index in [1.54, 1.807) is 13.4 Å². The number of hydrogen-bond donors (Lipinski definition) is 1. The Kier molecular flexibility index (Phi) is 6.29. The molecule has 1 fully saturated rings. The number of carbonyl (C=O) groups excluding carboxylic acids is 1. The molecule has 3 aromatic rings. The van der Waals surface area contributed by atoms with E-state index in [1.807, 2.05) is 40.7 Å². The number of carbonyl (C=O) groups is 1. The zero-order valence-electron chi connectivity index (χ0n) is 17.5. The number of ether oxygens (including phenoxy) is 2. The van der Waals surface area contributed by atoms with Gasteiger partial charge in [0.05, 0.1) is 33.2 Å². The summed E-state index contributed by atoms with van der Waals surface area (Å²) in [7, 11) is 3.59. The van der Waals surface area contributed by atoms with Crippen molar-refractivity contribution in [1.82, 2.24) is 29.5 Å². The molecule has 2 aromatic heterocycles. The zero-order valence-corrected chi connectivity index (χ0v) is 17.5. The molecule has 4 rings (SSSR count). The number of imidazole rings is 1. The Morgan fingerprint density at radius 2 is 2.10 bits per heavy atom. The lowest BCUT2D eigenvalue weighted by Crippen LogP contribution is -2.38. The van der Waals surface area contributed by atoms with Crippen molar-refractivity contribution in [3.8, 4) is 5.75 Å². The second kappa shape index (κ2) is 9.27. The van der Waals surface area contributed by atoms with E-state index in [0.29, 0.717) is 25.2 Å². The molecule has 0 bridgehead atoms. The quantitative estimate of drug-likeness (QED) is 0.596. The average molecular weight is 412 g/mol. The number of methoxy groups -OCH3 is 1. The number of hydrogen-bond acceptors (Lipinski definition) is 6. The summed E-state index contributed by atoms with van der Waals surface area (Å²) in [5.74, 6) is 0.538. The number of aryl methyl sites for hydroxylation is 1. The number of amides is 1. The number of rotatable bonds is 8. The van der Waals surface area contributed by atoms with Crippen molar-refractivity contribution in [3.05, 3.63) is 42.1 Å². The number of fused-ring (bicyclic) bond motifs is 1. The van der Waals surface area contributed by atoms with E-state index in [0.717, 1.165) is 55.2 Å². The fourth-order valence-corrected chi connectivity index (χ4v) is 3.77. The molecule has 0 saturated carbocycles. The Hall–Kier alpha value is -2.91. The molecule has 1 saturated heterocycles. The van der Waals surface area contributed by atoms with Gasteiger partial charge in [-0.1, -0.05) is 12.1 Å². The van der Waals surface area contributed by atoms with Crippen molar-refractivity contribution in [2.75, 3.05) is 46.5 Å². The fraction of sp³-hybridized carbons (Fsp3) is 0.476. The Morgan fingerprint density at radius 3 is 2.83 bits per heavy atom. The van der Waals surface area contributed by atoms with Crippen molar-refractivity contribution in [2.45, 2.75) is 13.0 Å². The van der Waals surface area contributed by atoms with Gasteiger partial charge in [0.1, 0.15) is 11.3 Å². The highest BCUT2D eigenvalue weighted by molar-refractivity contribution is 6.06. The van der Waals surface area contributed by atoms with Gasteiger partial charge in [-0.2, -0.15) is 5.10 Å². The number of nitrogens with one attached hydrogen (secondary N) is 1. The highest BCUT2D eigenvalue weighted by atomic mass is 16.5. The Morgan fingerprint density at radius 1 is 1.27 bits per heavy atom. The van der Waals surface area contributed by atoms with Gasteiger partial charge in [0.25, 0.3) is 5.91 Å². The summed E-state index contributed by atoms with van der Waals surface area (Å²) >= 11 is 0. The lowest BCUT2D eigenvalue weighted by atomic mass is 10.2. The topological polar surface area (TPSA) is 86.4 Å². The summed E-state index contributed by atoms with van der Waals surface area (Å²) in [5, 5.41) is 8.45. The molecule has 1 aliphatic rings. The van der Waals surface area contributed by atoms with E-state index in [-0.39, 0.29) is 5.91 Å². The number of para-hydroxylation sites is 1. The molecule has 0 aliphatic carbocycles. The summed E-state index contributed by atoms with van der Waals surface area (Å²) in [5.41, 5.74) is 2.35. The van der Waals surface area contributed by atoms with E-state index in [9.17, 15) is 4.79 Å². The maximum Gasteiger partial charge on any atom is 0.272 e. The first kappa shape index (κ1) is 20.4. The molecule has 1 amide bonds. The van der Waals surface area contributed by atoms with Gasteiger partial charge in [-0.25, -0.2) is 4.98 Å². The zero-order chi connectivity index (χ0) is 20.9. The minimum Gasteiger partial charge on any atom is -0.494 e. The molecule has 1 aromatic carbocycles. The second-order valence-corrected chi connectivity index (χ2v) is 7.38. The molecule has 0 atom stereocenters. The lowest BCUT2D eigenvalue weighted by Gasteiger charge is -2.26. The first-order chi connectivity index (χ1) is 14.7. The van der Waals surface area contributed by atoms with Crippen LogP contribution in [0.5, 0.6) is 5.75 Å². The molecule has 0 radical (unpaired) electrons. The third kappa shape index (κ3) is 4.31. The number of morpholine rings is 1. The SMILES string of the molecule is COc1cccc2c(C(=O)NCCc3cncn3C)nn(CCN3CCOCC3)c12. The first-order valence-electron chi connectivity index (χ1n) is 10.2. The fourth-order valence-electron chi connectivity index (χ4n) is 3.77. The predicted octanol–water partition coefficient (Wildman–Crippen LogP) is 1.08. The Bertz CT molecular complexity index is 1010. The van der Waals surface area contributed by atoms with Crippen LogP contribution in [-0.2, 0) is 24.8 Å². The molecule has 30 heavy (non-hydrogen) atoms. The van der Waals surface area contributed by atoms with Gasteiger partial charge in [-0.3, -0.25) is 14.4 Å². The van der Waals surface area contributed by atoms with Gasteiger partial charge >= 0.3 is 0 Å². The standard InChI is InChI=1S/C21H28N6O3/c1-25-15-22-14-16(25)6-7-23-21(28)19-17-4-3-5-18(29-2)20(17)27(24-19)9-8-26-10-12-30-13-11-26/h3-5,14-15H,6-13H2,1-2H3,(H,23,28). The molecule has 9 nitrogen and oxygen atoms in total. The van der Waals surface area contributed by atoms with Crippen LogP contribution in [0.25, 0.3) is 10.9 Å². The summed E-state index contributed by atoms with van der Waals surface area (Å²) in [6.07, 6.45) is 4.28. The number of nitrogens with zero attached hydrogens (tertiary/aromatic N) is 5. The summed E-state index contributed by atoms with van der Waals surface area (Å²) in [4.78, 5) is 19.4. The molecule has 160 valence electrons. The van der Waals surface area contributed by atoms with Crippen molar-refractivity contribution in [3.63, 3.8) is 0 Å². The van der Waals surface area contributed by atoms with Gasteiger partial charge in [0.15, 0.2) is 5.69 Å². The van der Waals surface area contributed by atoms with Crippen LogP contribution < -0.4 is 10.1 Å². The van der Waals surface area contributed by atoms with Crippen LogP contribution in [0.1, 0.15) is 16.2 Å². The molecular formula is C21H28N6O3. The summed E-state index contributed by atoms with van der Waals surface area (Å²) < 4.78 is 14.8. The smallest absolute Gasteiger partial charge is 0.272 e. The Balaban J connectivity index is 1.51. The molecule has 0 unspecified atom stereocenters. The predicted molar refractivity (Wildman–Crippen MR) is 113 cm³/mol. The van der Waals surface area contributed by atoms with Crippen LogP contribution in [0.3, 0.4) is 0 Å². The van der Waals surface area contributed by atoms with Crippen LogP contribution in [0.4, 0.5) is 0 Å². The number of benzene rings is 1. The normalized spacial score (nSPS) is 14.9. The summed E-state index contributed by atoms with van der Waals surface area (Å²) in [6, 6.07) is 5.72. The van der Waals surface area contributed by atoms with Crippen molar-refractivity contribution >= 4 is 16.8 Å². The molecule has 0 spiro atoms. The van der Waals surface area contributed by atoms with Crippen LogP contribution in [0.2, 0.25) is 0 Å². The molecule has 1 N–H and O–H groups in total. The van der Waals surface area contributed by atoms with E-state index >= 15 is 0 Å². The molecule has 1 aliphatic heterocycles. The van der Waals surface area contributed by atoms with Gasteiger partial charge in [0, 0.05) is 56.9 Å². The average Bonchev–Trinajstić information content (AvgIpc) is 3.36. The highest BCUT2D eigenvalue weighted by Crippen LogP contribution is 2.28. The van der Waals surface area contributed by atoms with Crippen molar-refractivity contribution in [2.24, 2.45) is 7.05 Å². The summed E-state index contributed by atoms with van der Waals surface area (Å²) in [6.45, 7) is 5.39. The van der Waals surface area contributed by atoms with E-state index < -0.39 is 0 Å². The maximum atomic E-state index is 12.9. The van der Waals surface area contributed by atoms with E-state index in [1.165, 1.54) is 0 Å². The van der Waals surface area contributed by atoms with Crippen LogP contribution in [0.15, 0.2) is 30.7 Å². The van der Waals surface area contributed by atoms with E-state index in [4.69, 9.17) is 9.47 Å². The Labute approximate surface area is 175 Å². The van der Waals surface area contributed by atoms with Crippen molar-refractivity contribution < 1.29 is 14.3 Å². The second-order valence-electron chi connectivity index (χ2n) is 7.38. The van der Waals surface area contributed by atoms with Crippen LogP contribution >= 0.6 is 0 Å². The molecule has 3 heterocycles. The monoisotopic (exact) mass is 412 g/mol. The van der Waals surface area contributed by atoms with Gasteiger partial charge in [0.2, 0.25) is 0 Å².